The first-order chi connectivity index (χ1) is 9.08. The maximum absolute atomic E-state index is 11.1. The van der Waals surface area contributed by atoms with Gasteiger partial charge in [-0.15, -0.1) is 0 Å². The maximum Gasteiger partial charge on any atom is 0.273 e. The van der Waals surface area contributed by atoms with Crippen LogP contribution in [0.1, 0.15) is 13.3 Å². The van der Waals surface area contributed by atoms with Crippen molar-refractivity contribution in [3.8, 4) is 0 Å². The van der Waals surface area contributed by atoms with Gasteiger partial charge >= 0.3 is 0 Å². The summed E-state index contributed by atoms with van der Waals surface area (Å²) in [4.78, 5) is 21.6. The highest BCUT2D eigenvalue weighted by Crippen LogP contribution is 2.25. The Bertz CT molecular complexity index is 504. The lowest BCUT2D eigenvalue weighted by Gasteiger charge is -2.13. The van der Waals surface area contributed by atoms with Gasteiger partial charge < -0.3 is 16.0 Å². The van der Waals surface area contributed by atoms with E-state index in [9.17, 15) is 14.9 Å². The van der Waals surface area contributed by atoms with Crippen molar-refractivity contribution in [3.63, 3.8) is 0 Å². The average Bonchev–Trinajstić information content (AvgIpc) is 2.75. The first kappa shape index (κ1) is 13.1. The molecule has 0 aromatic heterocycles. The summed E-state index contributed by atoms with van der Waals surface area (Å²) in [6.07, 6.45) is 0.388. The summed E-state index contributed by atoms with van der Waals surface area (Å²) >= 11 is 0. The Kier molecular flexibility index (Phi) is 3.84. The second-order valence-electron chi connectivity index (χ2n) is 4.41. The van der Waals surface area contributed by atoms with Gasteiger partial charge in [0, 0.05) is 43.0 Å². The van der Waals surface area contributed by atoms with E-state index in [4.69, 9.17) is 0 Å². The smallest absolute Gasteiger partial charge is 0.273 e. The van der Waals surface area contributed by atoms with Crippen molar-refractivity contribution < 1.29 is 9.72 Å². The van der Waals surface area contributed by atoms with Crippen LogP contribution < -0.4 is 16.0 Å². The Morgan fingerprint density at radius 1 is 1.42 bits per heavy atom. The van der Waals surface area contributed by atoms with E-state index >= 15 is 0 Å². The molecule has 3 N–H and O–H groups in total. The summed E-state index contributed by atoms with van der Waals surface area (Å²) in [7, 11) is 0. The van der Waals surface area contributed by atoms with E-state index in [1.807, 2.05) is 6.92 Å². The molecule has 1 atom stereocenters. The van der Waals surface area contributed by atoms with Crippen molar-refractivity contribution in [2.75, 3.05) is 23.7 Å². The summed E-state index contributed by atoms with van der Waals surface area (Å²) in [6.45, 7) is 3.15. The minimum absolute atomic E-state index is 0.00478. The summed E-state index contributed by atoms with van der Waals surface area (Å²) in [5.41, 5.74) is 1.36. The van der Waals surface area contributed by atoms with Gasteiger partial charge in [-0.3, -0.25) is 14.9 Å². The minimum atomic E-state index is -0.427. The van der Waals surface area contributed by atoms with Gasteiger partial charge in [-0.2, -0.15) is 0 Å². The van der Waals surface area contributed by atoms with E-state index in [0.29, 0.717) is 30.9 Å². The molecule has 1 aromatic rings. The quantitative estimate of drug-likeness (QED) is 0.550. The first-order valence-electron chi connectivity index (χ1n) is 6.15. The molecule has 0 aliphatic carbocycles. The average molecular weight is 264 g/mol. The third kappa shape index (κ3) is 3.34. The lowest BCUT2D eigenvalue weighted by molar-refractivity contribution is -0.384. The number of hydrogen-bond donors (Lipinski definition) is 3. The molecule has 1 aromatic carbocycles. The second kappa shape index (κ2) is 5.55. The van der Waals surface area contributed by atoms with Crippen LogP contribution in [0.15, 0.2) is 18.2 Å². The number of nitro groups is 1. The molecule has 0 bridgehead atoms. The lowest BCUT2D eigenvalue weighted by atomic mass is 10.2. The van der Waals surface area contributed by atoms with Crippen molar-refractivity contribution >= 4 is 23.0 Å². The number of rotatable bonds is 5. The Labute approximate surface area is 110 Å². The number of nitro benzene ring substituents is 1. The van der Waals surface area contributed by atoms with Crippen LogP contribution in [0, 0.1) is 10.1 Å². The molecule has 1 aliphatic heterocycles. The molecule has 0 radical (unpaired) electrons. The zero-order valence-corrected chi connectivity index (χ0v) is 10.6. The normalized spacial score (nSPS) is 17.9. The lowest BCUT2D eigenvalue weighted by Crippen LogP contribution is -2.22. The van der Waals surface area contributed by atoms with Gasteiger partial charge in [0.1, 0.15) is 0 Å². The molecule has 7 nitrogen and oxygen atoms in total. The molecule has 1 aliphatic rings. The number of carbonyl (C=O) groups is 1. The van der Waals surface area contributed by atoms with Crippen LogP contribution in [-0.2, 0) is 4.79 Å². The van der Waals surface area contributed by atoms with Crippen LogP contribution in [0.5, 0.6) is 0 Å². The number of benzene rings is 1. The van der Waals surface area contributed by atoms with Gasteiger partial charge in [0.2, 0.25) is 5.91 Å². The van der Waals surface area contributed by atoms with Crippen molar-refractivity contribution in [2.24, 2.45) is 0 Å². The molecule has 19 heavy (non-hydrogen) atoms. The zero-order chi connectivity index (χ0) is 13.8. The molecule has 1 fully saturated rings. The number of carbonyl (C=O) groups excluding carboxylic acids is 1. The van der Waals surface area contributed by atoms with E-state index in [1.54, 1.807) is 6.07 Å². The molecule has 0 saturated carbocycles. The largest absolute Gasteiger partial charge is 0.385 e. The van der Waals surface area contributed by atoms with Gasteiger partial charge in [0.15, 0.2) is 0 Å². The monoisotopic (exact) mass is 264 g/mol. The van der Waals surface area contributed by atoms with Crippen molar-refractivity contribution in [3.05, 3.63) is 28.3 Å². The fraction of sp³-hybridized carbons (Fsp3) is 0.417. The Morgan fingerprint density at radius 3 is 2.74 bits per heavy atom. The topological polar surface area (TPSA) is 96.3 Å². The molecule has 0 spiro atoms. The number of non-ortho nitro benzene ring substituents is 1. The molecule has 1 heterocycles. The van der Waals surface area contributed by atoms with E-state index in [0.717, 1.165) is 0 Å². The SMILES string of the molecule is CCNc1cc(NC2CNC(=O)C2)cc([N+](=O)[O-])c1. The van der Waals surface area contributed by atoms with Crippen LogP contribution in [-0.4, -0.2) is 30.0 Å². The zero-order valence-electron chi connectivity index (χ0n) is 10.6. The third-order valence-electron chi connectivity index (χ3n) is 2.86. The Hall–Kier alpha value is -2.31. The predicted octanol–water partition coefficient (Wildman–Crippen LogP) is 1.33. The van der Waals surface area contributed by atoms with E-state index in [-0.39, 0.29) is 17.6 Å². The fourth-order valence-corrected chi connectivity index (χ4v) is 2.05. The highest BCUT2D eigenvalue weighted by Gasteiger charge is 2.21. The molecule has 102 valence electrons. The number of nitrogens with one attached hydrogen (secondary N) is 3. The van der Waals surface area contributed by atoms with Crippen LogP contribution in [0.3, 0.4) is 0 Å². The van der Waals surface area contributed by atoms with Crippen LogP contribution in [0.4, 0.5) is 17.1 Å². The molecule has 7 heteroatoms. The number of amides is 1. The Morgan fingerprint density at radius 2 is 2.16 bits per heavy atom. The van der Waals surface area contributed by atoms with Crippen LogP contribution in [0.2, 0.25) is 0 Å². The molecule has 1 unspecified atom stereocenters. The minimum Gasteiger partial charge on any atom is -0.385 e. The molecular weight excluding hydrogens is 248 g/mol. The summed E-state index contributed by atoms with van der Waals surface area (Å²) in [6, 6.07) is 4.75. The van der Waals surface area contributed by atoms with E-state index in [1.165, 1.54) is 12.1 Å². The Balaban J connectivity index is 2.18. The molecule has 1 saturated heterocycles. The number of nitrogens with zero attached hydrogens (tertiary/aromatic N) is 1. The highest BCUT2D eigenvalue weighted by atomic mass is 16.6. The van der Waals surface area contributed by atoms with Gasteiger partial charge in [-0.25, -0.2) is 0 Å². The first-order valence-corrected chi connectivity index (χ1v) is 6.15. The van der Waals surface area contributed by atoms with Crippen molar-refractivity contribution in [1.29, 1.82) is 0 Å². The summed E-state index contributed by atoms with van der Waals surface area (Å²) in [5.74, 6) is -0.00478. The van der Waals surface area contributed by atoms with Gasteiger partial charge in [-0.05, 0) is 13.0 Å². The number of anilines is 2. The van der Waals surface area contributed by atoms with Gasteiger partial charge in [-0.1, -0.05) is 0 Å². The third-order valence-corrected chi connectivity index (χ3v) is 2.86. The fourth-order valence-electron chi connectivity index (χ4n) is 2.05. The standard InChI is InChI=1S/C12H16N4O3/c1-2-13-8-3-9(5-11(4-8)16(18)19)15-10-6-12(17)14-7-10/h3-5,10,13,15H,2,6-7H2,1H3,(H,14,17). The van der Waals surface area contributed by atoms with Crippen molar-refractivity contribution in [2.45, 2.75) is 19.4 Å². The second-order valence-corrected chi connectivity index (χ2v) is 4.41. The van der Waals surface area contributed by atoms with Gasteiger partial charge in [0.05, 0.1) is 11.0 Å². The van der Waals surface area contributed by atoms with Gasteiger partial charge in [0.25, 0.3) is 5.69 Å². The summed E-state index contributed by atoms with van der Waals surface area (Å²) in [5, 5.41) is 19.8. The predicted molar refractivity (Wildman–Crippen MR) is 72.3 cm³/mol. The maximum atomic E-state index is 11.1. The molecular formula is C12H16N4O3. The molecule has 1 amide bonds. The highest BCUT2D eigenvalue weighted by molar-refractivity contribution is 5.80. The van der Waals surface area contributed by atoms with Crippen LogP contribution >= 0.6 is 0 Å². The van der Waals surface area contributed by atoms with E-state index < -0.39 is 4.92 Å². The summed E-state index contributed by atoms with van der Waals surface area (Å²) < 4.78 is 0. The van der Waals surface area contributed by atoms with E-state index in [2.05, 4.69) is 16.0 Å². The molecule has 2 rings (SSSR count). The van der Waals surface area contributed by atoms with Crippen LogP contribution in [0.25, 0.3) is 0 Å². The number of hydrogen-bond acceptors (Lipinski definition) is 5. The van der Waals surface area contributed by atoms with Crippen molar-refractivity contribution in [1.82, 2.24) is 5.32 Å².